The van der Waals surface area contributed by atoms with E-state index in [0.29, 0.717) is 12.5 Å². The van der Waals surface area contributed by atoms with E-state index >= 15 is 0 Å². The number of hydrogen-bond donors (Lipinski definition) is 2. The molecular weight excluding hydrogens is 218 g/mol. The topological polar surface area (TPSA) is 53.6 Å². The molecule has 0 spiro atoms. The third-order valence-electron chi connectivity index (χ3n) is 3.46. The van der Waals surface area contributed by atoms with Crippen molar-refractivity contribution in [3.8, 4) is 0 Å². The van der Waals surface area contributed by atoms with Crippen LogP contribution in [-0.2, 0) is 9.53 Å². The summed E-state index contributed by atoms with van der Waals surface area (Å²) in [4.78, 5) is 13.9. The molecule has 2 heterocycles. The first kappa shape index (κ1) is 12.8. The number of nitrogens with one attached hydrogen (secondary N) is 2. The van der Waals surface area contributed by atoms with E-state index in [1.807, 2.05) is 0 Å². The van der Waals surface area contributed by atoms with Crippen molar-refractivity contribution < 1.29 is 9.53 Å². The van der Waals surface area contributed by atoms with Gasteiger partial charge in [0.15, 0.2) is 0 Å². The number of rotatable bonds is 4. The lowest BCUT2D eigenvalue weighted by atomic mass is 10.00. The molecule has 2 saturated heterocycles. The Bertz CT molecular complexity index is 236. The van der Waals surface area contributed by atoms with Crippen LogP contribution in [0.5, 0.6) is 0 Å². The van der Waals surface area contributed by atoms with E-state index in [1.165, 1.54) is 12.8 Å². The number of carbonyl (C=O) groups excluding carboxylic acids is 1. The molecule has 5 heteroatoms. The molecule has 1 atom stereocenters. The Hall–Kier alpha value is -0.650. The second-order valence-corrected chi connectivity index (χ2v) is 4.90. The zero-order valence-electron chi connectivity index (χ0n) is 10.4. The van der Waals surface area contributed by atoms with Gasteiger partial charge in [-0.2, -0.15) is 0 Å². The largest absolute Gasteiger partial charge is 0.379 e. The van der Waals surface area contributed by atoms with E-state index in [0.717, 1.165) is 45.9 Å². The molecule has 0 radical (unpaired) electrons. The summed E-state index contributed by atoms with van der Waals surface area (Å²) < 4.78 is 5.25. The molecule has 0 aliphatic carbocycles. The highest BCUT2D eigenvalue weighted by atomic mass is 16.5. The SMILES string of the molecule is O=C(CN1CCOCC1)NCC1CCCNC1. The third-order valence-corrected chi connectivity index (χ3v) is 3.46. The predicted octanol–water partition coefficient (Wildman–Crippen LogP) is -0.566. The normalized spacial score (nSPS) is 26.7. The molecule has 0 aromatic rings. The number of amides is 1. The molecular formula is C12H23N3O2. The summed E-state index contributed by atoms with van der Waals surface area (Å²) >= 11 is 0. The van der Waals surface area contributed by atoms with Crippen LogP contribution in [0.25, 0.3) is 0 Å². The van der Waals surface area contributed by atoms with E-state index < -0.39 is 0 Å². The quantitative estimate of drug-likeness (QED) is 0.692. The number of ether oxygens (including phenoxy) is 1. The van der Waals surface area contributed by atoms with Gasteiger partial charge in [0, 0.05) is 19.6 Å². The summed E-state index contributed by atoms with van der Waals surface area (Å²) in [7, 11) is 0. The Labute approximate surface area is 103 Å². The minimum Gasteiger partial charge on any atom is -0.379 e. The van der Waals surface area contributed by atoms with Gasteiger partial charge in [-0.05, 0) is 31.8 Å². The van der Waals surface area contributed by atoms with Crippen molar-refractivity contribution in [3.63, 3.8) is 0 Å². The first-order valence-electron chi connectivity index (χ1n) is 6.62. The van der Waals surface area contributed by atoms with Gasteiger partial charge in [-0.25, -0.2) is 0 Å². The van der Waals surface area contributed by atoms with Gasteiger partial charge in [-0.15, -0.1) is 0 Å². The fourth-order valence-corrected chi connectivity index (χ4v) is 2.37. The summed E-state index contributed by atoms with van der Waals surface area (Å²) in [6, 6.07) is 0. The maximum absolute atomic E-state index is 11.7. The molecule has 2 aliphatic rings. The maximum atomic E-state index is 11.7. The molecule has 2 rings (SSSR count). The molecule has 5 nitrogen and oxygen atoms in total. The van der Waals surface area contributed by atoms with Crippen molar-refractivity contribution in [1.29, 1.82) is 0 Å². The van der Waals surface area contributed by atoms with Crippen LogP contribution in [0.1, 0.15) is 12.8 Å². The van der Waals surface area contributed by atoms with Crippen LogP contribution in [0.2, 0.25) is 0 Å². The van der Waals surface area contributed by atoms with E-state index in [4.69, 9.17) is 4.74 Å². The summed E-state index contributed by atoms with van der Waals surface area (Å²) in [6.45, 7) is 6.74. The molecule has 2 N–H and O–H groups in total. The highest BCUT2D eigenvalue weighted by molar-refractivity contribution is 5.78. The van der Waals surface area contributed by atoms with Gasteiger partial charge < -0.3 is 15.4 Å². The average molecular weight is 241 g/mol. The minimum absolute atomic E-state index is 0.150. The molecule has 2 fully saturated rings. The van der Waals surface area contributed by atoms with Gasteiger partial charge in [-0.1, -0.05) is 0 Å². The molecule has 17 heavy (non-hydrogen) atoms. The van der Waals surface area contributed by atoms with Crippen LogP contribution in [0, 0.1) is 5.92 Å². The second-order valence-electron chi connectivity index (χ2n) is 4.90. The van der Waals surface area contributed by atoms with Crippen molar-refractivity contribution in [3.05, 3.63) is 0 Å². The van der Waals surface area contributed by atoms with Crippen molar-refractivity contribution in [2.45, 2.75) is 12.8 Å². The molecule has 0 aromatic heterocycles. The lowest BCUT2D eigenvalue weighted by Crippen LogP contribution is -2.45. The Kier molecular flexibility index (Phi) is 5.22. The van der Waals surface area contributed by atoms with Gasteiger partial charge in [0.1, 0.15) is 0 Å². The number of piperidine rings is 1. The Balaban J connectivity index is 1.59. The summed E-state index contributed by atoms with van der Waals surface area (Å²) in [6.07, 6.45) is 2.45. The standard InChI is InChI=1S/C12H23N3O2/c16-12(10-15-4-6-17-7-5-15)14-9-11-2-1-3-13-8-11/h11,13H,1-10H2,(H,14,16). The fraction of sp³-hybridized carbons (Fsp3) is 0.917. The summed E-state index contributed by atoms with van der Waals surface area (Å²) in [5, 5.41) is 6.40. The van der Waals surface area contributed by atoms with Crippen LogP contribution in [0.15, 0.2) is 0 Å². The first-order chi connectivity index (χ1) is 8.34. The van der Waals surface area contributed by atoms with Crippen molar-refractivity contribution in [1.82, 2.24) is 15.5 Å². The average Bonchev–Trinajstić information content (AvgIpc) is 2.39. The van der Waals surface area contributed by atoms with Gasteiger partial charge in [0.05, 0.1) is 19.8 Å². The van der Waals surface area contributed by atoms with Crippen molar-refractivity contribution in [2.24, 2.45) is 5.92 Å². The number of morpholine rings is 1. The highest BCUT2D eigenvalue weighted by Crippen LogP contribution is 2.08. The predicted molar refractivity (Wildman–Crippen MR) is 65.9 cm³/mol. The van der Waals surface area contributed by atoms with Crippen molar-refractivity contribution in [2.75, 3.05) is 52.5 Å². The third kappa shape index (κ3) is 4.61. The van der Waals surface area contributed by atoms with Gasteiger partial charge in [0.25, 0.3) is 0 Å². The zero-order valence-corrected chi connectivity index (χ0v) is 10.4. The summed E-state index contributed by atoms with van der Waals surface area (Å²) in [5.41, 5.74) is 0. The Morgan fingerprint density at radius 3 is 2.94 bits per heavy atom. The fourth-order valence-electron chi connectivity index (χ4n) is 2.37. The van der Waals surface area contributed by atoms with Crippen LogP contribution in [0.4, 0.5) is 0 Å². The van der Waals surface area contributed by atoms with Crippen LogP contribution in [0.3, 0.4) is 0 Å². The van der Waals surface area contributed by atoms with E-state index in [-0.39, 0.29) is 5.91 Å². The van der Waals surface area contributed by atoms with Crippen LogP contribution in [-0.4, -0.2) is 63.3 Å². The molecule has 1 unspecified atom stereocenters. The second kappa shape index (κ2) is 6.93. The Morgan fingerprint density at radius 2 is 2.24 bits per heavy atom. The van der Waals surface area contributed by atoms with E-state index in [9.17, 15) is 4.79 Å². The first-order valence-corrected chi connectivity index (χ1v) is 6.62. The van der Waals surface area contributed by atoms with Crippen molar-refractivity contribution >= 4 is 5.91 Å². The van der Waals surface area contributed by atoms with Gasteiger partial charge in [-0.3, -0.25) is 9.69 Å². The van der Waals surface area contributed by atoms with E-state index in [2.05, 4.69) is 15.5 Å². The number of nitrogens with zero attached hydrogens (tertiary/aromatic N) is 1. The molecule has 2 aliphatic heterocycles. The number of carbonyl (C=O) groups is 1. The van der Waals surface area contributed by atoms with Gasteiger partial charge in [0.2, 0.25) is 5.91 Å². The van der Waals surface area contributed by atoms with Crippen LogP contribution >= 0.6 is 0 Å². The lowest BCUT2D eigenvalue weighted by molar-refractivity contribution is -0.123. The highest BCUT2D eigenvalue weighted by Gasteiger charge is 2.16. The summed E-state index contributed by atoms with van der Waals surface area (Å²) in [5.74, 6) is 0.759. The zero-order chi connectivity index (χ0) is 11.9. The molecule has 0 bridgehead atoms. The monoisotopic (exact) mass is 241 g/mol. The molecule has 98 valence electrons. The molecule has 1 amide bonds. The van der Waals surface area contributed by atoms with E-state index in [1.54, 1.807) is 0 Å². The lowest BCUT2D eigenvalue weighted by Gasteiger charge is -2.27. The minimum atomic E-state index is 0.150. The van der Waals surface area contributed by atoms with Gasteiger partial charge >= 0.3 is 0 Å². The maximum Gasteiger partial charge on any atom is 0.234 e. The smallest absolute Gasteiger partial charge is 0.234 e. The molecule has 0 saturated carbocycles. The molecule has 0 aromatic carbocycles. The Morgan fingerprint density at radius 1 is 1.41 bits per heavy atom. The number of hydrogen-bond acceptors (Lipinski definition) is 4. The van der Waals surface area contributed by atoms with Crippen LogP contribution < -0.4 is 10.6 Å².